The first-order valence-corrected chi connectivity index (χ1v) is 4.81. The average molecular weight is 261 g/mol. The fourth-order valence-corrected chi connectivity index (χ4v) is 1.45. The lowest BCUT2D eigenvalue weighted by Crippen LogP contribution is -2.25. The molecule has 6 heteroatoms. The molecule has 5 nitrogen and oxygen atoms in total. The monoisotopic (exact) mass is 260 g/mol. The lowest BCUT2D eigenvalue weighted by Gasteiger charge is -2.04. The Bertz CT molecular complexity index is 414. The highest BCUT2D eigenvalue weighted by Crippen LogP contribution is 2.01. The van der Waals surface area contributed by atoms with Crippen LogP contribution in [-0.2, 0) is 17.8 Å². The second-order valence-corrected chi connectivity index (χ2v) is 3.45. The third-order valence-corrected chi connectivity index (χ3v) is 2.17. The highest BCUT2D eigenvalue weighted by Gasteiger charge is 2.07. The molecule has 0 aromatic carbocycles. The number of hydrogen-bond donors (Lipinski definition) is 1. The molecule has 0 aliphatic carbocycles. The van der Waals surface area contributed by atoms with Crippen LogP contribution in [0.2, 0.25) is 0 Å². The van der Waals surface area contributed by atoms with E-state index in [-0.39, 0.29) is 11.1 Å². The van der Waals surface area contributed by atoms with Crippen molar-refractivity contribution < 1.29 is 9.90 Å². The van der Waals surface area contributed by atoms with Crippen molar-refractivity contribution in [3.05, 3.63) is 26.8 Å². The molecule has 1 N–H and O–H groups in total. The highest BCUT2D eigenvalue weighted by molar-refractivity contribution is 9.10. The largest absolute Gasteiger partial charge is 0.480 e. The molecule has 14 heavy (non-hydrogen) atoms. The standard InChI is InChI=1S/C8H9BrN2O3/c1-2-5-3-11(4-6(12)13)8(14)7(9)10-5/h3H,2,4H2,1H3,(H,12,13). The fourth-order valence-electron chi connectivity index (χ4n) is 0.993. The molecule has 0 amide bonds. The number of aryl methyl sites for hydroxylation is 1. The first-order valence-electron chi connectivity index (χ1n) is 4.02. The van der Waals surface area contributed by atoms with Gasteiger partial charge in [-0.25, -0.2) is 4.98 Å². The maximum absolute atomic E-state index is 11.4. The number of carbonyl (C=O) groups is 1. The molecule has 0 aliphatic heterocycles. The SMILES string of the molecule is CCc1cn(CC(=O)O)c(=O)c(Br)n1. The van der Waals surface area contributed by atoms with Crippen LogP contribution >= 0.6 is 15.9 Å². The zero-order valence-electron chi connectivity index (χ0n) is 7.53. The first kappa shape index (κ1) is 10.9. The van der Waals surface area contributed by atoms with Gasteiger partial charge in [-0.1, -0.05) is 6.92 Å². The summed E-state index contributed by atoms with van der Waals surface area (Å²) in [6, 6.07) is 0. The van der Waals surface area contributed by atoms with Crippen LogP contribution < -0.4 is 5.56 Å². The molecule has 0 bridgehead atoms. The molecule has 1 rings (SSSR count). The molecule has 0 radical (unpaired) electrons. The molecule has 0 unspecified atom stereocenters. The molecule has 0 aliphatic rings. The predicted molar refractivity (Wildman–Crippen MR) is 53.2 cm³/mol. The van der Waals surface area contributed by atoms with Crippen molar-refractivity contribution in [1.82, 2.24) is 9.55 Å². The summed E-state index contributed by atoms with van der Waals surface area (Å²) in [5.41, 5.74) is 0.252. The maximum atomic E-state index is 11.4. The quantitative estimate of drug-likeness (QED) is 0.867. The van der Waals surface area contributed by atoms with Crippen LogP contribution in [0.1, 0.15) is 12.6 Å². The van der Waals surface area contributed by atoms with Gasteiger partial charge in [-0.05, 0) is 22.4 Å². The topological polar surface area (TPSA) is 72.2 Å². The Labute approximate surface area is 88.5 Å². The molecular weight excluding hydrogens is 252 g/mol. The van der Waals surface area contributed by atoms with Crippen molar-refractivity contribution in [2.24, 2.45) is 0 Å². The molecule has 1 heterocycles. The van der Waals surface area contributed by atoms with Gasteiger partial charge in [0.05, 0.1) is 5.69 Å². The number of hydrogen-bond acceptors (Lipinski definition) is 3. The zero-order chi connectivity index (χ0) is 10.7. The number of nitrogens with zero attached hydrogens (tertiary/aromatic N) is 2. The summed E-state index contributed by atoms with van der Waals surface area (Å²) in [6.07, 6.45) is 2.11. The summed E-state index contributed by atoms with van der Waals surface area (Å²) in [7, 11) is 0. The highest BCUT2D eigenvalue weighted by atomic mass is 79.9. The zero-order valence-corrected chi connectivity index (χ0v) is 9.11. The number of rotatable bonds is 3. The lowest BCUT2D eigenvalue weighted by atomic mass is 10.3. The van der Waals surface area contributed by atoms with E-state index in [1.165, 1.54) is 6.20 Å². The van der Waals surface area contributed by atoms with Gasteiger partial charge in [0, 0.05) is 6.20 Å². The third-order valence-electron chi connectivity index (χ3n) is 1.65. The van der Waals surface area contributed by atoms with Gasteiger partial charge >= 0.3 is 5.97 Å². The second kappa shape index (κ2) is 4.36. The summed E-state index contributed by atoms with van der Waals surface area (Å²) in [5.74, 6) is -1.05. The van der Waals surface area contributed by atoms with E-state index in [2.05, 4.69) is 20.9 Å². The summed E-state index contributed by atoms with van der Waals surface area (Å²) in [4.78, 5) is 25.7. The Morgan fingerprint density at radius 3 is 2.86 bits per heavy atom. The predicted octanol–water partition coefficient (Wildman–Crippen LogP) is 0.653. The van der Waals surface area contributed by atoms with Crippen LogP contribution in [-0.4, -0.2) is 20.6 Å². The van der Waals surface area contributed by atoms with Crippen LogP contribution in [0.15, 0.2) is 15.6 Å². The molecule has 0 atom stereocenters. The molecular formula is C8H9BrN2O3. The number of carboxylic acid groups (broad SMARTS) is 1. The molecule has 1 aromatic heterocycles. The van der Waals surface area contributed by atoms with E-state index in [1.54, 1.807) is 0 Å². The van der Waals surface area contributed by atoms with Crippen LogP contribution in [0.4, 0.5) is 0 Å². The molecule has 0 fully saturated rings. The normalized spacial score (nSPS) is 10.1. The minimum Gasteiger partial charge on any atom is -0.480 e. The van der Waals surface area contributed by atoms with Gasteiger partial charge in [0.25, 0.3) is 5.56 Å². The van der Waals surface area contributed by atoms with Gasteiger partial charge < -0.3 is 9.67 Å². The summed E-state index contributed by atoms with van der Waals surface area (Å²) >= 11 is 2.99. The van der Waals surface area contributed by atoms with E-state index >= 15 is 0 Å². The van der Waals surface area contributed by atoms with E-state index < -0.39 is 11.5 Å². The Kier molecular flexibility index (Phi) is 3.40. The van der Waals surface area contributed by atoms with Gasteiger partial charge in [0.2, 0.25) is 0 Å². The van der Waals surface area contributed by atoms with Crippen molar-refractivity contribution in [3.8, 4) is 0 Å². The molecule has 0 saturated heterocycles. The average Bonchev–Trinajstić information content (AvgIpc) is 2.11. The van der Waals surface area contributed by atoms with Gasteiger partial charge in [-0.15, -0.1) is 0 Å². The minimum absolute atomic E-state index is 0.151. The number of carboxylic acids is 1. The third kappa shape index (κ3) is 2.41. The van der Waals surface area contributed by atoms with E-state index in [0.29, 0.717) is 12.1 Å². The lowest BCUT2D eigenvalue weighted by molar-refractivity contribution is -0.137. The van der Waals surface area contributed by atoms with Crippen LogP contribution in [0, 0.1) is 0 Å². The molecule has 76 valence electrons. The Balaban J connectivity index is 3.20. The Morgan fingerprint density at radius 1 is 1.71 bits per heavy atom. The van der Waals surface area contributed by atoms with Gasteiger partial charge in [0.1, 0.15) is 6.54 Å². The minimum atomic E-state index is -1.05. The van der Waals surface area contributed by atoms with E-state index in [0.717, 1.165) is 4.57 Å². The van der Waals surface area contributed by atoms with Crippen LogP contribution in [0.5, 0.6) is 0 Å². The Hall–Kier alpha value is -1.17. The van der Waals surface area contributed by atoms with Crippen molar-refractivity contribution >= 4 is 21.9 Å². The van der Waals surface area contributed by atoms with Crippen molar-refractivity contribution in [3.63, 3.8) is 0 Å². The Morgan fingerprint density at radius 2 is 2.36 bits per heavy atom. The van der Waals surface area contributed by atoms with Gasteiger partial charge in [-0.2, -0.15) is 0 Å². The summed E-state index contributed by atoms with van der Waals surface area (Å²) in [6.45, 7) is 1.54. The number of aromatic nitrogens is 2. The van der Waals surface area contributed by atoms with Crippen molar-refractivity contribution in [1.29, 1.82) is 0 Å². The smallest absolute Gasteiger partial charge is 0.323 e. The van der Waals surface area contributed by atoms with E-state index in [4.69, 9.17) is 5.11 Å². The van der Waals surface area contributed by atoms with E-state index in [9.17, 15) is 9.59 Å². The van der Waals surface area contributed by atoms with Crippen molar-refractivity contribution in [2.45, 2.75) is 19.9 Å². The van der Waals surface area contributed by atoms with Crippen LogP contribution in [0.25, 0.3) is 0 Å². The van der Waals surface area contributed by atoms with Gasteiger partial charge in [0.15, 0.2) is 4.60 Å². The number of halogens is 1. The molecule has 0 spiro atoms. The van der Waals surface area contributed by atoms with E-state index in [1.807, 2.05) is 6.92 Å². The molecule has 0 saturated carbocycles. The second-order valence-electron chi connectivity index (χ2n) is 2.70. The van der Waals surface area contributed by atoms with Gasteiger partial charge in [-0.3, -0.25) is 9.59 Å². The maximum Gasteiger partial charge on any atom is 0.323 e. The fraction of sp³-hybridized carbons (Fsp3) is 0.375. The van der Waals surface area contributed by atoms with Crippen molar-refractivity contribution in [2.75, 3.05) is 0 Å². The molecule has 1 aromatic rings. The summed E-state index contributed by atoms with van der Waals surface area (Å²) in [5, 5.41) is 8.55. The first-order chi connectivity index (χ1) is 6.54. The number of aliphatic carboxylic acids is 1. The summed E-state index contributed by atoms with van der Waals surface area (Å²) < 4.78 is 1.27. The van der Waals surface area contributed by atoms with Crippen LogP contribution in [0.3, 0.4) is 0 Å².